The summed E-state index contributed by atoms with van der Waals surface area (Å²) in [5, 5.41) is 4.24. The fraction of sp³-hybridized carbons (Fsp3) is 0.368. The Labute approximate surface area is 153 Å². The van der Waals surface area contributed by atoms with Crippen LogP contribution >= 0.6 is 0 Å². The van der Waals surface area contributed by atoms with Crippen LogP contribution in [0.2, 0.25) is 0 Å². The highest BCUT2D eigenvalue weighted by Crippen LogP contribution is 2.30. The molecule has 3 heterocycles. The van der Waals surface area contributed by atoms with Gasteiger partial charge in [-0.2, -0.15) is 13.2 Å². The zero-order valence-corrected chi connectivity index (χ0v) is 14.5. The summed E-state index contributed by atoms with van der Waals surface area (Å²) in [6.07, 6.45) is -2.01. The van der Waals surface area contributed by atoms with Crippen molar-refractivity contribution < 1.29 is 13.2 Å². The van der Waals surface area contributed by atoms with E-state index in [2.05, 4.69) is 15.3 Å². The molecule has 1 aliphatic rings. The molecule has 0 fully saturated rings. The smallest absolute Gasteiger partial charge is 0.334 e. The molecule has 142 valence electrons. The van der Waals surface area contributed by atoms with Gasteiger partial charge in [0.05, 0.1) is 0 Å². The number of fused-ring (bicyclic) bond motifs is 2. The Morgan fingerprint density at radius 2 is 2.11 bits per heavy atom. The fourth-order valence-electron chi connectivity index (χ4n) is 3.55. The number of pyridine rings is 1. The van der Waals surface area contributed by atoms with Crippen molar-refractivity contribution >= 4 is 10.9 Å². The van der Waals surface area contributed by atoms with E-state index in [1.54, 1.807) is 4.57 Å². The van der Waals surface area contributed by atoms with Crippen molar-refractivity contribution in [3.8, 4) is 0 Å². The number of aromatic amines is 1. The Morgan fingerprint density at radius 1 is 1.30 bits per heavy atom. The standard InChI is InChI=1S/C19H19F3N4O/c20-19(21,22)16-11-26-10-12(5-6-17(26)25-16)8-23-9-14-7-13-3-1-2-4-15(13)24-18(14)27/h1-4,7,11-12,23H,5-6,8-10H2,(H,24,27)/t12-/m0/s1. The first-order valence-electron chi connectivity index (χ1n) is 8.85. The SMILES string of the molecule is O=c1[nH]c2ccccc2cc1CNC[C@@H]1CCc2nc(C(F)(F)F)cn2C1. The van der Waals surface area contributed by atoms with Crippen LogP contribution < -0.4 is 10.9 Å². The van der Waals surface area contributed by atoms with Crippen LogP contribution in [-0.4, -0.2) is 21.1 Å². The Balaban J connectivity index is 1.38. The van der Waals surface area contributed by atoms with E-state index >= 15 is 0 Å². The monoisotopic (exact) mass is 376 g/mol. The highest BCUT2D eigenvalue weighted by Gasteiger charge is 2.35. The zero-order valence-electron chi connectivity index (χ0n) is 14.5. The van der Waals surface area contributed by atoms with Crippen molar-refractivity contribution in [2.75, 3.05) is 6.54 Å². The second-order valence-electron chi connectivity index (χ2n) is 6.94. The van der Waals surface area contributed by atoms with Crippen LogP contribution in [0.4, 0.5) is 13.2 Å². The molecule has 1 atom stereocenters. The summed E-state index contributed by atoms with van der Waals surface area (Å²) in [7, 11) is 0. The van der Waals surface area contributed by atoms with E-state index in [0.717, 1.165) is 23.5 Å². The highest BCUT2D eigenvalue weighted by atomic mass is 19.4. The van der Waals surface area contributed by atoms with Crippen molar-refractivity contribution in [3.63, 3.8) is 0 Å². The lowest BCUT2D eigenvalue weighted by Gasteiger charge is -2.24. The number of hydrogen-bond donors (Lipinski definition) is 2. The van der Waals surface area contributed by atoms with Gasteiger partial charge in [0.15, 0.2) is 5.69 Å². The highest BCUT2D eigenvalue weighted by molar-refractivity contribution is 5.78. The summed E-state index contributed by atoms with van der Waals surface area (Å²) in [4.78, 5) is 18.7. The van der Waals surface area contributed by atoms with E-state index in [4.69, 9.17) is 0 Å². The molecule has 1 aliphatic heterocycles. The lowest BCUT2D eigenvalue weighted by Crippen LogP contribution is -2.31. The van der Waals surface area contributed by atoms with Gasteiger partial charge < -0.3 is 14.9 Å². The van der Waals surface area contributed by atoms with E-state index in [9.17, 15) is 18.0 Å². The van der Waals surface area contributed by atoms with Gasteiger partial charge in [0.1, 0.15) is 5.82 Å². The first kappa shape index (κ1) is 17.8. The number of halogens is 3. The van der Waals surface area contributed by atoms with E-state index < -0.39 is 11.9 Å². The number of hydrogen-bond acceptors (Lipinski definition) is 3. The second-order valence-corrected chi connectivity index (χ2v) is 6.94. The Hall–Kier alpha value is -2.61. The predicted octanol–water partition coefficient (Wildman–Crippen LogP) is 3.10. The van der Waals surface area contributed by atoms with Gasteiger partial charge in [-0.3, -0.25) is 4.79 Å². The largest absolute Gasteiger partial charge is 0.434 e. The summed E-state index contributed by atoms with van der Waals surface area (Å²) >= 11 is 0. The number of nitrogens with one attached hydrogen (secondary N) is 2. The molecule has 0 unspecified atom stereocenters. The normalized spacial score (nSPS) is 17.2. The maximum absolute atomic E-state index is 12.8. The maximum atomic E-state index is 12.8. The minimum atomic E-state index is -4.41. The molecule has 3 aromatic rings. The molecule has 0 spiro atoms. The third-order valence-electron chi connectivity index (χ3n) is 4.96. The third-order valence-corrected chi connectivity index (χ3v) is 4.96. The lowest BCUT2D eigenvalue weighted by atomic mass is 9.99. The summed E-state index contributed by atoms with van der Waals surface area (Å²) in [6.45, 7) is 1.55. The number of H-pyrrole nitrogens is 1. The van der Waals surface area contributed by atoms with Gasteiger partial charge in [-0.25, -0.2) is 4.98 Å². The molecule has 2 N–H and O–H groups in total. The average molecular weight is 376 g/mol. The van der Waals surface area contributed by atoms with Crippen molar-refractivity contribution in [3.05, 3.63) is 64.0 Å². The number of aromatic nitrogens is 3. The first-order chi connectivity index (χ1) is 12.9. The van der Waals surface area contributed by atoms with Gasteiger partial charge in [-0.15, -0.1) is 0 Å². The third kappa shape index (κ3) is 3.75. The molecule has 0 saturated carbocycles. The fourth-order valence-corrected chi connectivity index (χ4v) is 3.55. The number of nitrogens with zero attached hydrogens (tertiary/aromatic N) is 2. The topological polar surface area (TPSA) is 62.7 Å². The molecule has 0 amide bonds. The number of para-hydroxylation sites is 1. The molecule has 0 saturated heterocycles. The summed E-state index contributed by atoms with van der Waals surface area (Å²) in [5.74, 6) is 0.692. The minimum Gasteiger partial charge on any atom is -0.334 e. The molecule has 8 heteroatoms. The van der Waals surface area contributed by atoms with Crippen molar-refractivity contribution in [2.45, 2.75) is 32.1 Å². The number of imidazole rings is 1. The van der Waals surface area contributed by atoms with Crippen LogP contribution in [0, 0.1) is 5.92 Å². The van der Waals surface area contributed by atoms with Gasteiger partial charge in [0, 0.05) is 36.8 Å². The number of benzene rings is 1. The molecule has 0 radical (unpaired) electrons. The van der Waals surface area contributed by atoms with Gasteiger partial charge in [0.2, 0.25) is 0 Å². The van der Waals surface area contributed by atoms with E-state index in [-0.39, 0.29) is 11.5 Å². The lowest BCUT2D eigenvalue weighted by molar-refractivity contribution is -0.141. The molecule has 5 nitrogen and oxygen atoms in total. The predicted molar refractivity (Wildman–Crippen MR) is 95.3 cm³/mol. The summed E-state index contributed by atoms with van der Waals surface area (Å²) in [5.41, 5.74) is 0.490. The average Bonchev–Trinajstić information content (AvgIpc) is 3.06. The molecule has 27 heavy (non-hydrogen) atoms. The van der Waals surface area contributed by atoms with E-state index in [1.165, 1.54) is 0 Å². The van der Waals surface area contributed by atoms with Gasteiger partial charge in [-0.1, -0.05) is 18.2 Å². The van der Waals surface area contributed by atoms with Crippen LogP contribution in [0.15, 0.2) is 41.3 Å². The zero-order chi connectivity index (χ0) is 19.0. The minimum absolute atomic E-state index is 0.128. The quantitative estimate of drug-likeness (QED) is 0.736. The van der Waals surface area contributed by atoms with Crippen LogP contribution in [0.3, 0.4) is 0 Å². The number of aryl methyl sites for hydroxylation is 1. The van der Waals surface area contributed by atoms with Crippen LogP contribution in [0.25, 0.3) is 10.9 Å². The van der Waals surface area contributed by atoms with E-state index in [1.807, 2.05) is 30.3 Å². The Morgan fingerprint density at radius 3 is 2.93 bits per heavy atom. The first-order valence-corrected chi connectivity index (χ1v) is 8.85. The van der Waals surface area contributed by atoms with Gasteiger partial charge in [-0.05, 0) is 36.4 Å². The molecule has 2 aromatic heterocycles. The second kappa shape index (κ2) is 6.84. The Bertz CT molecular complexity index is 1020. The molecule has 1 aromatic carbocycles. The maximum Gasteiger partial charge on any atom is 0.434 e. The van der Waals surface area contributed by atoms with Crippen LogP contribution in [0.1, 0.15) is 23.5 Å². The molecular weight excluding hydrogens is 357 g/mol. The number of rotatable bonds is 4. The van der Waals surface area contributed by atoms with Gasteiger partial charge in [0.25, 0.3) is 5.56 Å². The summed E-state index contributed by atoms with van der Waals surface area (Å²) in [6, 6.07) is 9.44. The number of alkyl halides is 3. The Kier molecular flexibility index (Phi) is 4.51. The van der Waals surface area contributed by atoms with Crippen molar-refractivity contribution in [1.82, 2.24) is 19.9 Å². The van der Waals surface area contributed by atoms with Crippen molar-refractivity contribution in [2.24, 2.45) is 5.92 Å². The van der Waals surface area contributed by atoms with E-state index in [0.29, 0.717) is 37.4 Å². The van der Waals surface area contributed by atoms with Crippen LogP contribution in [-0.2, 0) is 25.7 Å². The van der Waals surface area contributed by atoms with Crippen molar-refractivity contribution in [1.29, 1.82) is 0 Å². The molecule has 0 bridgehead atoms. The molecule has 4 rings (SSSR count). The molecule has 0 aliphatic carbocycles. The van der Waals surface area contributed by atoms with Gasteiger partial charge >= 0.3 is 6.18 Å². The molecular formula is C19H19F3N4O. The summed E-state index contributed by atoms with van der Waals surface area (Å²) < 4.78 is 40.0. The van der Waals surface area contributed by atoms with Crippen LogP contribution in [0.5, 0.6) is 0 Å².